The monoisotopic (exact) mass is 247 g/mol. The maximum absolute atomic E-state index is 9.93. The minimum absolute atomic E-state index is 0.355. The molecule has 2 nitrogen and oxygen atoms in total. The van der Waals surface area contributed by atoms with E-state index in [9.17, 15) is 5.11 Å². The van der Waals surface area contributed by atoms with Crippen LogP contribution in [0.1, 0.15) is 23.0 Å². The van der Waals surface area contributed by atoms with Crippen molar-refractivity contribution in [3.63, 3.8) is 0 Å². The first-order valence-corrected chi connectivity index (χ1v) is 6.66. The molecule has 0 fully saturated rings. The molecule has 2 N–H and O–H groups in total. The summed E-state index contributed by atoms with van der Waals surface area (Å²) in [5.74, 6) is 0. The molecule has 1 aromatic heterocycles. The van der Waals surface area contributed by atoms with E-state index in [1.807, 2.05) is 29.6 Å². The second-order valence-corrected chi connectivity index (χ2v) is 5.04. The minimum Gasteiger partial charge on any atom is -0.388 e. The van der Waals surface area contributed by atoms with E-state index in [2.05, 4.69) is 24.4 Å². The van der Waals surface area contributed by atoms with Gasteiger partial charge >= 0.3 is 0 Å². The Morgan fingerprint density at radius 2 is 2.06 bits per heavy atom. The molecule has 0 saturated heterocycles. The molecule has 0 spiro atoms. The lowest BCUT2D eigenvalue weighted by molar-refractivity contribution is 0.175. The smallest absolute Gasteiger partial charge is 0.0898 e. The van der Waals surface area contributed by atoms with Gasteiger partial charge < -0.3 is 10.4 Å². The van der Waals surface area contributed by atoms with E-state index >= 15 is 0 Å². The largest absolute Gasteiger partial charge is 0.388 e. The molecule has 0 aliphatic carbocycles. The molecule has 0 aliphatic heterocycles. The number of benzene rings is 1. The van der Waals surface area contributed by atoms with Crippen molar-refractivity contribution in [3.05, 3.63) is 52.2 Å². The Labute approximate surface area is 106 Å². The molecule has 1 atom stereocenters. The van der Waals surface area contributed by atoms with Crippen LogP contribution in [0.3, 0.4) is 0 Å². The predicted octanol–water partition coefficient (Wildman–Crippen LogP) is 3.59. The fourth-order valence-corrected chi connectivity index (χ4v) is 2.48. The van der Waals surface area contributed by atoms with Crippen molar-refractivity contribution in [3.8, 4) is 0 Å². The summed E-state index contributed by atoms with van der Waals surface area (Å²) in [7, 11) is 0. The van der Waals surface area contributed by atoms with E-state index in [0.717, 1.165) is 23.5 Å². The van der Waals surface area contributed by atoms with Crippen molar-refractivity contribution in [2.45, 2.75) is 19.4 Å². The van der Waals surface area contributed by atoms with Gasteiger partial charge in [0, 0.05) is 17.1 Å². The Hall–Kier alpha value is -1.32. The molecule has 0 aliphatic rings. The average molecular weight is 247 g/mol. The van der Waals surface area contributed by atoms with E-state index in [1.54, 1.807) is 11.3 Å². The van der Waals surface area contributed by atoms with Gasteiger partial charge in [0.1, 0.15) is 0 Å². The van der Waals surface area contributed by atoms with Crippen LogP contribution in [0.5, 0.6) is 0 Å². The summed E-state index contributed by atoms with van der Waals surface area (Å²) >= 11 is 1.60. The molecule has 0 radical (unpaired) electrons. The van der Waals surface area contributed by atoms with Crippen LogP contribution in [0.25, 0.3) is 0 Å². The summed E-state index contributed by atoms with van der Waals surface area (Å²) in [4.78, 5) is 1.04. The molecule has 90 valence electrons. The Morgan fingerprint density at radius 1 is 1.24 bits per heavy atom. The molecular weight excluding hydrogens is 230 g/mol. The molecule has 1 unspecified atom stereocenters. The lowest BCUT2D eigenvalue weighted by Crippen LogP contribution is -2.07. The predicted molar refractivity (Wildman–Crippen MR) is 73.6 cm³/mol. The van der Waals surface area contributed by atoms with Gasteiger partial charge in [0.05, 0.1) is 6.10 Å². The summed E-state index contributed by atoms with van der Waals surface area (Å²) in [5, 5.41) is 15.3. The van der Waals surface area contributed by atoms with Crippen LogP contribution in [0.15, 0.2) is 41.8 Å². The third-order valence-electron chi connectivity index (χ3n) is 2.75. The van der Waals surface area contributed by atoms with Gasteiger partial charge in [-0.25, -0.2) is 0 Å². The van der Waals surface area contributed by atoms with Crippen molar-refractivity contribution < 1.29 is 5.11 Å². The van der Waals surface area contributed by atoms with Crippen molar-refractivity contribution in [1.29, 1.82) is 0 Å². The van der Waals surface area contributed by atoms with Gasteiger partial charge in [0.15, 0.2) is 0 Å². The van der Waals surface area contributed by atoms with E-state index in [4.69, 9.17) is 0 Å². The van der Waals surface area contributed by atoms with Gasteiger partial charge in [-0.15, -0.1) is 11.3 Å². The summed E-state index contributed by atoms with van der Waals surface area (Å²) in [6, 6.07) is 12.1. The fraction of sp³-hybridized carbons (Fsp3) is 0.286. The second-order valence-electron chi connectivity index (χ2n) is 4.06. The van der Waals surface area contributed by atoms with Crippen molar-refractivity contribution >= 4 is 17.0 Å². The highest BCUT2D eigenvalue weighted by Gasteiger charge is 2.07. The van der Waals surface area contributed by atoms with Crippen LogP contribution < -0.4 is 5.32 Å². The molecule has 1 aromatic carbocycles. The molecule has 0 bridgehead atoms. The number of hydrogen-bond donors (Lipinski definition) is 2. The number of anilines is 1. The lowest BCUT2D eigenvalue weighted by Gasteiger charge is -2.12. The zero-order chi connectivity index (χ0) is 12.1. The van der Waals surface area contributed by atoms with Crippen LogP contribution in [-0.4, -0.2) is 11.7 Å². The number of nitrogens with one attached hydrogen (secondary N) is 1. The summed E-state index contributed by atoms with van der Waals surface area (Å²) in [6.07, 6.45) is 0.376. The SMILES string of the molecule is Cc1ccccc1NCCC(O)c1cccs1. The summed E-state index contributed by atoms with van der Waals surface area (Å²) < 4.78 is 0. The first-order chi connectivity index (χ1) is 8.27. The first-order valence-electron chi connectivity index (χ1n) is 5.78. The van der Waals surface area contributed by atoms with Gasteiger partial charge in [0.25, 0.3) is 0 Å². The van der Waals surface area contributed by atoms with Crippen LogP contribution in [0.2, 0.25) is 0 Å². The zero-order valence-electron chi connectivity index (χ0n) is 9.89. The Morgan fingerprint density at radius 3 is 2.76 bits per heavy atom. The molecule has 0 saturated carbocycles. The molecule has 0 amide bonds. The fourth-order valence-electron chi connectivity index (χ4n) is 1.74. The Bertz CT molecular complexity index is 453. The van der Waals surface area contributed by atoms with Gasteiger partial charge in [0.2, 0.25) is 0 Å². The van der Waals surface area contributed by atoms with E-state index < -0.39 is 0 Å². The van der Waals surface area contributed by atoms with E-state index in [-0.39, 0.29) is 6.10 Å². The van der Waals surface area contributed by atoms with Crippen LogP contribution in [0.4, 0.5) is 5.69 Å². The van der Waals surface area contributed by atoms with Crippen molar-refractivity contribution in [2.24, 2.45) is 0 Å². The maximum atomic E-state index is 9.93. The van der Waals surface area contributed by atoms with Gasteiger partial charge in [-0.2, -0.15) is 0 Å². The van der Waals surface area contributed by atoms with Gasteiger partial charge in [-0.05, 0) is 36.4 Å². The van der Waals surface area contributed by atoms with Gasteiger partial charge in [-0.1, -0.05) is 24.3 Å². The molecule has 2 aromatic rings. The topological polar surface area (TPSA) is 32.3 Å². The van der Waals surface area contributed by atoms with Crippen molar-refractivity contribution in [2.75, 3.05) is 11.9 Å². The van der Waals surface area contributed by atoms with Gasteiger partial charge in [-0.3, -0.25) is 0 Å². The highest BCUT2D eigenvalue weighted by molar-refractivity contribution is 7.10. The average Bonchev–Trinajstić information content (AvgIpc) is 2.85. The molecule has 17 heavy (non-hydrogen) atoms. The number of thiophene rings is 1. The second kappa shape index (κ2) is 5.84. The van der Waals surface area contributed by atoms with Crippen LogP contribution in [-0.2, 0) is 0 Å². The number of rotatable bonds is 5. The third-order valence-corrected chi connectivity index (χ3v) is 3.72. The summed E-state index contributed by atoms with van der Waals surface area (Å²) in [6.45, 7) is 2.86. The number of aryl methyl sites for hydroxylation is 1. The standard InChI is InChI=1S/C14H17NOS/c1-11-5-2-3-6-12(11)15-9-8-13(16)14-7-4-10-17-14/h2-7,10,13,15-16H,8-9H2,1H3. The molecule has 3 heteroatoms. The quantitative estimate of drug-likeness (QED) is 0.846. The maximum Gasteiger partial charge on any atom is 0.0898 e. The van der Waals surface area contributed by atoms with Crippen LogP contribution in [0, 0.1) is 6.92 Å². The number of aliphatic hydroxyl groups excluding tert-OH is 1. The van der Waals surface area contributed by atoms with Crippen molar-refractivity contribution in [1.82, 2.24) is 0 Å². The highest BCUT2D eigenvalue weighted by atomic mass is 32.1. The van der Waals surface area contributed by atoms with Crippen LogP contribution >= 0.6 is 11.3 Å². The van der Waals surface area contributed by atoms with E-state index in [0.29, 0.717) is 0 Å². The number of aliphatic hydroxyl groups is 1. The number of para-hydroxylation sites is 1. The lowest BCUT2D eigenvalue weighted by atomic mass is 10.2. The Kier molecular flexibility index (Phi) is 4.18. The molecular formula is C14H17NOS. The normalized spacial score (nSPS) is 12.4. The number of hydrogen-bond acceptors (Lipinski definition) is 3. The summed E-state index contributed by atoms with van der Waals surface area (Å²) in [5.41, 5.74) is 2.38. The zero-order valence-corrected chi connectivity index (χ0v) is 10.7. The van der Waals surface area contributed by atoms with E-state index in [1.165, 1.54) is 5.56 Å². The Balaban J connectivity index is 1.82. The highest BCUT2D eigenvalue weighted by Crippen LogP contribution is 2.22. The molecule has 2 rings (SSSR count). The minimum atomic E-state index is -0.355. The first kappa shape index (κ1) is 12.1. The third kappa shape index (κ3) is 3.32. The molecule has 1 heterocycles.